The number of rotatable bonds is 5. The molecule has 4 N–H and O–H groups in total. The molecule has 6 heteroatoms. The van der Waals surface area contributed by atoms with Crippen LogP contribution in [0.5, 0.6) is 0 Å². The van der Waals surface area contributed by atoms with Crippen molar-refractivity contribution in [2.45, 2.75) is 25.6 Å². The smallest absolute Gasteiger partial charge is 0.256 e. The summed E-state index contributed by atoms with van der Waals surface area (Å²) >= 11 is 0. The van der Waals surface area contributed by atoms with Gasteiger partial charge in [-0.25, -0.2) is 0 Å². The van der Waals surface area contributed by atoms with Crippen LogP contribution < -0.4 is 16.4 Å². The molecule has 0 saturated carbocycles. The third-order valence-electron chi connectivity index (χ3n) is 7.95. The number of amides is 1. The second kappa shape index (κ2) is 10.5. The van der Waals surface area contributed by atoms with Crippen LogP contribution in [-0.2, 0) is 6.54 Å². The van der Waals surface area contributed by atoms with Crippen molar-refractivity contribution in [2.24, 2.45) is 11.7 Å². The molecular weight excluding hydrogens is 484 g/mol. The number of Topliss-reactive ketones (excluding diaryl/α,β-unsaturated/α-hetero) is 1. The number of carbonyl (C=O) groups excluding carboxylic acids is 2. The standard InChI is InChI=1S/C33H32N4O2/c1-21-10-12-22(13-11-21)26-7-3-4-8-27(26)33(39)36-25-16-14-23(15-17-25)32(38)31-28(34)20-37-19-24-6-2-5-9-29(24)35-18-30(31)37/h2-17,28,30-31,35H,18-20,34H2,1H3,(H,36,39)/t28-,30+,31?/m0/s1. The zero-order valence-electron chi connectivity index (χ0n) is 21.9. The van der Waals surface area contributed by atoms with Gasteiger partial charge in [0.15, 0.2) is 5.78 Å². The molecule has 2 aliphatic heterocycles. The lowest BCUT2D eigenvalue weighted by Gasteiger charge is -2.25. The molecule has 4 aromatic carbocycles. The number of aryl methyl sites for hydroxylation is 1. The monoisotopic (exact) mass is 516 g/mol. The van der Waals surface area contributed by atoms with Gasteiger partial charge in [-0.05, 0) is 60.0 Å². The van der Waals surface area contributed by atoms with E-state index in [4.69, 9.17) is 5.73 Å². The normalized spacial score (nSPS) is 20.3. The molecule has 1 saturated heterocycles. The Bertz CT molecular complexity index is 1510. The molecular formula is C33H32N4O2. The highest BCUT2D eigenvalue weighted by molar-refractivity contribution is 6.09. The Kier molecular flexibility index (Phi) is 6.73. The predicted octanol–water partition coefficient (Wildman–Crippen LogP) is 5.35. The Labute approximate surface area is 228 Å². The molecule has 4 aromatic rings. The number of benzene rings is 4. The molecule has 6 nitrogen and oxygen atoms in total. The number of fused-ring (bicyclic) bond motifs is 2. The summed E-state index contributed by atoms with van der Waals surface area (Å²) in [7, 11) is 0. The second-order valence-electron chi connectivity index (χ2n) is 10.5. The fourth-order valence-electron chi connectivity index (χ4n) is 5.88. The predicted molar refractivity (Wildman–Crippen MR) is 156 cm³/mol. The van der Waals surface area contributed by atoms with Crippen molar-refractivity contribution in [2.75, 3.05) is 23.7 Å². The van der Waals surface area contributed by atoms with Gasteiger partial charge < -0.3 is 16.4 Å². The fourth-order valence-corrected chi connectivity index (χ4v) is 5.88. The van der Waals surface area contributed by atoms with Gasteiger partial charge in [-0.3, -0.25) is 14.5 Å². The summed E-state index contributed by atoms with van der Waals surface area (Å²) in [6.45, 7) is 4.18. The summed E-state index contributed by atoms with van der Waals surface area (Å²) < 4.78 is 0. The highest BCUT2D eigenvalue weighted by atomic mass is 16.1. The molecule has 0 radical (unpaired) electrons. The largest absolute Gasteiger partial charge is 0.383 e. The first-order valence-electron chi connectivity index (χ1n) is 13.4. The van der Waals surface area contributed by atoms with Crippen LogP contribution in [-0.4, -0.2) is 41.8 Å². The van der Waals surface area contributed by atoms with Crippen LogP contribution in [0.1, 0.15) is 31.8 Å². The summed E-state index contributed by atoms with van der Waals surface area (Å²) in [4.78, 5) is 29.2. The summed E-state index contributed by atoms with van der Waals surface area (Å²) in [6, 6.07) is 30.9. The van der Waals surface area contributed by atoms with Gasteiger partial charge in [0, 0.05) is 54.2 Å². The van der Waals surface area contributed by atoms with Crippen molar-refractivity contribution in [1.82, 2.24) is 4.90 Å². The van der Waals surface area contributed by atoms with Crippen LogP contribution in [0, 0.1) is 12.8 Å². The number of hydrogen-bond acceptors (Lipinski definition) is 5. The van der Waals surface area contributed by atoms with Crippen molar-refractivity contribution in [3.8, 4) is 11.1 Å². The molecule has 1 unspecified atom stereocenters. The molecule has 1 fully saturated rings. The quantitative estimate of drug-likeness (QED) is 0.311. The maximum atomic E-state index is 13.7. The Morgan fingerprint density at radius 1 is 0.897 bits per heavy atom. The number of nitrogens with one attached hydrogen (secondary N) is 2. The van der Waals surface area contributed by atoms with Crippen LogP contribution in [0.2, 0.25) is 0 Å². The van der Waals surface area contributed by atoms with Crippen molar-refractivity contribution in [3.63, 3.8) is 0 Å². The van der Waals surface area contributed by atoms with Gasteiger partial charge in [0.25, 0.3) is 5.91 Å². The number of ketones is 1. The molecule has 196 valence electrons. The zero-order chi connectivity index (χ0) is 26.9. The third-order valence-corrected chi connectivity index (χ3v) is 7.95. The first-order chi connectivity index (χ1) is 19.0. The van der Waals surface area contributed by atoms with Gasteiger partial charge in [-0.1, -0.05) is 66.2 Å². The van der Waals surface area contributed by atoms with E-state index in [1.807, 2.05) is 67.6 Å². The highest BCUT2D eigenvalue weighted by Crippen LogP contribution is 2.33. The van der Waals surface area contributed by atoms with Gasteiger partial charge >= 0.3 is 0 Å². The van der Waals surface area contributed by atoms with E-state index in [0.29, 0.717) is 29.9 Å². The Morgan fingerprint density at radius 3 is 2.41 bits per heavy atom. The lowest BCUT2D eigenvalue weighted by molar-refractivity contribution is 0.0879. The molecule has 0 aliphatic carbocycles. The summed E-state index contributed by atoms with van der Waals surface area (Å²) in [6.07, 6.45) is 0. The average Bonchev–Trinajstić information content (AvgIpc) is 3.15. The number of nitrogens with two attached hydrogens (primary N) is 1. The van der Waals surface area contributed by atoms with Gasteiger partial charge in [-0.15, -0.1) is 0 Å². The summed E-state index contributed by atoms with van der Waals surface area (Å²) in [5.74, 6) is -0.443. The number of anilines is 2. The first kappa shape index (κ1) is 25.0. The number of hydrogen-bond donors (Lipinski definition) is 3. The molecule has 3 atom stereocenters. The van der Waals surface area contributed by atoms with Crippen LogP contribution in [0.15, 0.2) is 97.1 Å². The van der Waals surface area contributed by atoms with Crippen LogP contribution in [0.4, 0.5) is 11.4 Å². The van der Waals surface area contributed by atoms with Crippen LogP contribution in [0.25, 0.3) is 11.1 Å². The first-order valence-corrected chi connectivity index (χ1v) is 13.4. The van der Waals surface area contributed by atoms with Crippen molar-refractivity contribution in [1.29, 1.82) is 0 Å². The maximum absolute atomic E-state index is 13.7. The van der Waals surface area contributed by atoms with Crippen molar-refractivity contribution < 1.29 is 9.59 Å². The highest BCUT2D eigenvalue weighted by Gasteiger charge is 2.45. The molecule has 0 aromatic heterocycles. The molecule has 0 spiro atoms. The zero-order valence-corrected chi connectivity index (χ0v) is 21.9. The van der Waals surface area contributed by atoms with E-state index in [2.05, 4.69) is 27.7 Å². The number of carbonyl (C=O) groups is 2. The SMILES string of the molecule is Cc1ccc(-c2ccccc2C(=O)Nc2ccc(C(=O)C3[C@H]4CNc5ccccc5CN4C[C@@H]3N)cc2)cc1. The van der Waals surface area contributed by atoms with Crippen molar-refractivity contribution in [3.05, 3.63) is 119 Å². The Hall–Kier alpha value is -4.26. The van der Waals surface area contributed by atoms with E-state index in [1.54, 1.807) is 24.3 Å². The molecule has 0 bridgehead atoms. The maximum Gasteiger partial charge on any atom is 0.256 e. The minimum atomic E-state index is -0.298. The molecule has 39 heavy (non-hydrogen) atoms. The van der Waals surface area contributed by atoms with Gasteiger partial charge in [0.1, 0.15) is 0 Å². The summed E-state index contributed by atoms with van der Waals surface area (Å²) in [5.41, 5.74) is 13.8. The van der Waals surface area contributed by atoms with E-state index in [9.17, 15) is 9.59 Å². The Morgan fingerprint density at radius 2 is 1.62 bits per heavy atom. The van der Waals surface area contributed by atoms with E-state index in [0.717, 1.165) is 23.4 Å². The van der Waals surface area contributed by atoms with E-state index < -0.39 is 0 Å². The molecule has 6 rings (SSSR count). The molecule has 2 heterocycles. The summed E-state index contributed by atoms with van der Waals surface area (Å²) in [5, 5.41) is 6.52. The lowest BCUT2D eigenvalue weighted by atomic mass is 9.88. The van der Waals surface area contributed by atoms with E-state index >= 15 is 0 Å². The Balaban J connectivity index is 1.17. The average molecular weight is 517 g/mol. The topological polar surface area (TPSA) is 87.5 Å². The number of para-hydroxylation sites is 1. The second-order valence-corrected chi connectivity index (χ2v) is 10.5. The van der Waals surface area contributed by atoms with Crippen LogP contribution in [0.3, 0.4) is 0 Å². The molecule has 2 aliphatic rings. The minimum Gasteiger partial charge on any atom is -0.383 e. The van der Waals surface area contributed by atoms with Gasteiger partial charge in [0.05, 0.1) is 5.92 Å². The van der Waals surface area contributed by atoms with E-state index in [-0.39, 0.29) is 29.7 Å². The lowest BCUT2D eigenvalue weighted by Crippen LogP contribution is -2.41. The molecule has 1 amide bonds. The fraction of sp³-hybridized carbons (Fsp3) is 0.212. The third kappa shape index (κ3) is 4.97. The van der Waals surface area contributed by atoms with Gasteiger partial charge in [-0.2, -0.15) is 0 Å². The minimum absolute atomic E-state index is 0.0255. The van der Waals surface area contributed by atoms with Gasteiger partial charge in [0.2, 0.25) is 0 Å². The van der Waals surface area contributed by atoms with Crippen molar-refractivity contribution >= 4 is 23.1 Å². The van der Waals surface area contributed by atoms with E-state index in [1.165, 1.54) is 11.1 Å². The van der Waals surface area contributed by atoms with Crippen LogP contribution >= 0.6 is 0 Å². The number of nitrogens with zero attached hydrogens (tertiary/aromatic N) is 1.